The Balaban J connectivity index is 1.20. The minimum atomic E-state index is -0.764. The highest BCUT2D eigenvalue weighted by Gasteiger charge is 2.52. The molecule has 2 heteroatoms. The highest BCUT2D eigenvalue weighted by atomic mass is 31.1. The molecule has 6 aromatic rings. The van der Waals surface area contributed by atoms with E-state index in [1.807, 2.05) is 0 Å². The second-order valence-electron chi connectivity index (χ2n) is 14.0. The summed E-state index contributed by atoms with van der Waals surface area (Å²) in [6, 6.07) is 59.3. The molecule has 10 rings (SSSR count). The molecular weight excluding hydrogens is 675 g/mol. The Labute approximate surface area is 315 Å². The summed E-state index contributed by atoms with van der Waals surface area (Å²) in [4.78, 5) is 0. The first kappa shape index (κ1) is 32.3. The zero-order valence-corrected chi connectivity index (χ0v) is 31.2. The normalized spacial score (nSPS) is 16.7. The van der Waals surface area contributed by atoms with Crippen LogP contribution in [0.5, 0.6) is 0 Å². The Bertz CT molecular complexity index is 2460. The van der Waals surface area contributed by atoms with Crippen LogP contribution in [0.3, 0.4) is 0 Å². The van der Waals surface area contributed by atoms with E-state index in [0.29, 0.717) is 0 Å². The van der Waals surface area contributed by atoms with Gasteiger partial charge in [0.25, 0.3) is 0 Å². The molecule has 4 aliphatic rings. The van der Waals surface area contributed by atoms with Gasteiger partial charge in [-0.25, -0.2) is 0 Å². The van der Waals surface area contributed by atoms with Crippen molar-refractivity contribution in [1.82, 2.24) is 0 Å². The second-order valence-corrected chi connectivity index (χ2v) is 18.4. The topological polar surface area (TPSA) is 0 Å². The number of fused-ring (bicyclic) bond motifs is 9. The van der Waals surface area contributed by atoms with E-state index in [1.54, 1.807) is 0 Å². The van der Waals surface area contributed by atoms with Gasteiger partial charge in [0.15, 0.2) is 0 Å². The van der Waals surface area contributed by atoms with Crippen LogP contribution in [0.1, 0.15) is 35.1 Å². The van der Waals surface area contributed by atoms with E-state index in [-0.39, 0.29) is 5.41 Å². The minimum Gasteiger partial charge on any atom is -0.0807 e. The summed E-state index contributed by atoms with van der Waals surface area (Å²) >= 11 is 0. The monoisotopic (exact) mass is 712 g/mol. The Kier molecular flexibility index (Phi) is 8.25. The number of rotatable bonds is 6. The van der Waals surface area contributed by atoms with Crippen LogP contribution in [0.15, 0.2) is 223 Å². The molecule has 0 heterocycles. The molecule has 0 radical (unpaired) electrons. The summed E-state index contributed by atoms with van der Waals surface area (Å²) in [7, 11) is -1.48. The summed E-state index contributed by atoms with van der Waals surface area (Å²) in [6.07, 6.45) is 20.7. The van der Waals surface area contributed by atoms with Crippen LogP contribution in [-0.4, -0.2) is 0 Å². The van der Waals surface area contributed by atoms with Gasteiger partial charge in [-0.15, -0.1) is 0 Å². The van der Waals surface area contributed by atoms with Crippen molar-refractivity contribution < 1.29 is 0 Å². The van der Waals surface area contributed by atoms with Crippen LogP contribution < -0.4 is 21.2 Å². The summed E-state index contributed by atoms with van der Waals surface area (Å²) in [5.41, 5.74) is 10.8. The van der Waals surface area contributed by atoms with E-state index < -0.39 is 15.8 Å². The molecule has 4 aliphatic carbocycles. The lowest BCUT2D eigenvalue weighted by Gasteiger charge is -2.33. The van der Waals surface area contributed by atoms with Gasteiger partial charge in [0, 0.05) is 0 Å². The van der Waals surface area contributed by atoms with Crippen molar-refractivity contribution in [3.8, 4) is 11.1 Å². The van der Waals surface area contributed by atoms with Gasteiger partial charge in [-0.3, -0.25) is 0 Å². The zero-order chi connectivity index (χ0) is 35.2. The fourth-order valence-corrected chi connectivity index (χ4v) is 13.7. The molecule has 0 fully saturated rings. The van der Waals surface area contributed by atoms with Crippen molar-refractivity contribution >= 4 is 42.6 Å². The molecular formula is C51H38P2. The number of benzene rings is 6. The van der Waals surface area contributed by atoms with Gasteiger partial charge in [-0.1, -0.05) is 200 Å². The van der Waals surface area contributed by atoms with Gasteiger partial charge in [-0.05, 0) is 111 Å². The molecule has 1 atom stereocenters. The SMILES string of the molecule is C1=CCC=C(P(c2ccccc2)c2ccc3c(c2)C2(C4=C3C=CC(P(c3ccccc3)c3ccccc3)=CC4)c3ccccc3-c3ccccc32)C=C1. The molecule has 0 saturated heterocycles. The fourth-order valence-electron chi connectivity index (χ4n) is 9.02. The van der Waals surface area contributed by atoms with Crippen molar-refractivity contribution in [3.05, 3.63) is 245 Å². The maximum absolute atomic E-state index is 2.60. The van der Waals surface area contributed by atoms with Crippen molar-refractivity contribution in [3.63, 3.8) is 0 Å². The molecule has 0 saturated carbocycles. The molecule has 1 unspecified atom stereocenters. The van der Waals surface area contributed by atoms with Gasteiger partial charge in [-0.2, -0.15) is 0 Å². The molecule has 0 nitrogen and oxygen atoms in total. The van der Waals surface area contributed by atoms with Crippen LogP contribution in [0.4, 0.5) is 0 Å². The van der Waals surface area contributed by atoms with Gasteiger partial charge in [0.2, 0.25) is 0 Å². The molecule has 252 valence electrons. The average molecular weight is 713 g/mol. The molecule has 53 heavy (non-hydrogen) atoms. The Morgan fingerprint density at radius 2 is 0.962 bits per heavy atom. The van der Waals surface area contributed by atoms with Gasteiger partial charge < -0.3 is 0 Å². The third kappa shape index (κ3) is 5.28. The van der Waals surface area contributed by atoms with Crippen molar-refractivity contribution in [2.75, 3.05) is 0 Å². The first-order chi connectivity index (χ1) is 26.3. The van der Waals surface area contributed by atoms with E-state index in [1.165, 1.54) is 76.4 Å². The quantitative estimate of drug-likeness (QED) is 0.151. The van der Waals surface area contributed by atoms with Gasteiger partial charge >= 0.3 is 0 Å². The summed E-state index contributed by atoms with van der Waals surface area (Å²) in [5, 5.41) is 8.37. The Hall–Kier alpha value is -5.38. The number of hydrogen-bond acceptors (Lipinski definition) is 0. The zero-order valence-electron chi connectivity index (χ0n) is 29.4. The van der Waals surface area contributed by atoms with Crippen LogP contribution in [0.25, 0.3) is 16.7 Å². The number of allylic oxidation sites excluding steroid dienone is 12. The largest absolute Gasteiger partial charge is 0.0807 e. The van der Waals surface area contributed by atoms with Crippen molar-refractivity contribution in [1.29, 1.82) is 0 Å². The highest BCUT2D eigenvalue weighted by molar-refractivity contribution is 7.77. The minimum absolute atomic E-state index is 0.376. The molecule has 0 aromatic heterocycles. The lowest BCUT2D eigenvalue weighted by atomic mass is 9.69. The van der Waals surface area contributed by atoms with E-state index >= 15 is 0 Å². The van der Waals surface area contributed by atoms with Crippen LogP contribution in [-0.2, 0) is 5.41 Å². The van der Waals surface area contributed by atoms with E-state index in [9.17, 15) is 0 Å². The van der Waals surface area contributed by atoms with E-state index in [2.05, 4.69) is 206 Å². The smallest absolute Gasteiger partial charge is 0.0691 e. The van der Waals surface area contributed by atoms with Crippen LogP contribution >= 0.6 is 15.8 Å². The summed E-state index contributed by atoms with van der Waals surface area (Å²) in [6.45, 7) is 0. The highest BCUT2D eigenvalue weighted by Crippen LogP contribution is 2.64. The first-order valence-electron chi connectivity index (χ1n) is 18.6. The van der Waals surface area contributed by atoms with E-state index in [4.69, 9.17) is 0 Å². The molecule has 6 aromatic carbocycles. The summed E-state index contributed by atoms with van der Waals surface area (Å²) < 4.78 is 0. The maximum Gasteiger partial charge on any atom is 0.0691 e. The van der Waals surface area contributed by atoms with Crippen molar-refractivity contribution in [2.24, 2.45) is 0 Å². The molecule has 0 aliphatic heterocycles. The van der Waals surface area contributed by atoms with E-state index in [0.717, 1.165) is 12.8 Å². The Morgan fingerprint density at radius 1 is 0.415 bits per heavy atom. The molecule has 1 spiro atoms. The lowest BCUT2D eigenvalue weighted by Crippen LogP contribution is -2.28. The first-order valence-corrected chi connectivity index (χ1v) is 21.3. The van der Waals surface area contributed by atoms with Crippen molar-refractivity contribution in [2.45, 2.75) is 18.3 Å². The second kappa shape index (κ2) is 13.5. The molecule has 0 amide bonds. The lowest BCUT2D eigenvalue weighted by molar-refractivity contribution is 0.747. The average Bonchev–Trinajstić information content (AvgIpc) is 3.37. The summed E-state index contributed by atoms with van der Waals surface area (Å²) in [5.74, 6) is 0. The van der Waals surface area contributed by atoms with Crippen LogP contribution in [0, 0.1) is 0 Å². The standard InChI is InChI=1S/C51H38P2/c1-2-7-19-39(18-6-1)53(40-24-12-5-13-25-40)42-31-34-46-45-33-30-41(52(37-20-8-3-9-21-37)38-22-10-4-11-23-38)32-35-49(45)51(50(46)36-42)47-28-16-14-26-43(47)44-27-15-17-29-48(44)51/h1-6,8-34,36H,7,35H2. The van der Waals surface area contributed by atoms with Gasteiger partial charge in [0.1, 0.15) is 0 Å². The Morgan fingerprint density at radius 3 is 1.58 bits per heavy atom. The third-order valence-corrected chi connectivity index (χ3v) is 16.1. The van der Waals surface area contributed by atoms with Gasteiger partial charge in [0.05, 0.1) is 5.41 Å². The predicted molar refractivity (Wildman–Crippen MR) is 230 cm³/mol. The third-order valence-electron chi connectivity index (χ3n) is 11.2. The van der Waals surface area contributed by atoms with Crippen LogP contribution in [0.2, 0.25) is 0 Å². The fraction of sp³-hybridized carbons (Fsp3) is 0.0588. The maximum atomic E-state index is 2.60. The molecule has 0 N–H and O–H groups in total. The molecule has 0 bridgehead atoms. The number of hydrogen-bond donors (Lipinski definition) is 0. The predicted octanol–water partition coefficient (Wildman–Crippen LogP) is 11.6.